The van der Waals surface area contributed by atoms with E-state index in [0.29, 0.717) is 23.7 Å². The molecule has 9 heteroatoms. The number of halogens is 1. The van der Waals surface area contributed by atoms with Crippen LogP contribution in [0.2, 0.25) is 0 Å². The normalized spacial score (nSPS) is 16.8. The monoisotopic (exact) mass is 387 g/mol. The zero-order valence-electron chi connectivity index (χ0n) is 14.5. The van der Waals surface area contributed by atoms with Gasteiger partial charge in [0.25, 0.3) is 0 Å². The highest BCUT2D eigenvalue weighted by Crippen LogP contribution is 2.20. The summed E-state index contributed by atoms with van der Waals surface area (Å²) in [4.78, 5) is 27.0. The molecule has 3 aromatic rings. The van der Waals surface area contributed by atoms with E-state index in [1.807, 2.05) is 11.4 Å². The van der Waals surface area contributed by atoms with Crippen LogP contribution in [0.1, 0.15) is 18.4 Å². The zero-order valence-corrected chi connectivity index (χ0v) is 15.3. The third-order valence-electron chi connectivity index (χ3n) is 4.68. The molecule has 4 rings (SSSR count). The van der Waals surface area contributed by atoms with Gasteiger partial charge in [0.1, 0.15) is 10.8 Å². The van der Waals surface area contributed by atoms with Gasteiger partial charge in [0.15, 0.2) is 0 Å². The number of likely N-dealkylation sites (tertiary alicyclic amines) is 1. The van der Waals surface area contributed by atoms with Gasteiger partial charge >= 0.3 is 5.69 Å². The van der Waals surface area contributed by atoms with Crippen molar-refractivity contribution in [3.63, 3.8) is 0 Å². The second-order valence-electron chi connectivity index (χ2n) is 6.50. The van der Waals surface area contributed by atoms with Gasteiger partial charge in [-0.25, -0.2) is 9.18 Å². The Morgan fingerprint density at radius 1 is 1.26 bits per heavy atom. The van der Waals surface area contributed by atoms with Crippen LogP contribution in [0.15, 0.2) is 46.6 Å². The zero-order chi connectivity index (χ0) is 18.8. The molecule has 1 atom stereocenters. The highest BCUT2D eigenvalue weighted by Gasteiger charge is 2.30. The van der Waals surface area contributed by atoms with Gasteiger partial charge in [0, 0.05) is 6.54 Å². The number of amides is 1. The number of tetrazole rings is 1. The number of hydrogen-bond donors (Lipinski definition) is 0. The lowest BCUT2D eigenvalue weighted by Gasteiger charge is -2.24. The van der Waals surface area contributed by atoms with E-state index in [9.17, 15) is 14.0 Å². The van der Waals surface area contributed by atoms with Crippen molar-refractivity contribution in [2.75, 3.05) is 6.54 Å². The molecule has 0 saturated carbocycles. The van der Waals surface area contributed by atoms with Crippen molar-refractivity contribution in [2.45, 2.75) is 31.8 Å². The lowest BCUT2D eigenvalue weighted by atomic mass is 10.1. The van der Waals surface area contributed by atoms with Gasteiger partial charge in [0.05, 0.1) is 19.0 Å². The molecular formula is C18H18FN5O2S. The first kappa shape index (κ1) is 17.6. The summed E-state index contributed by atoms with van der Waals surface area (Å²) in [5.74, 6) is -0.420. The number of carbonyl (C=O) groups excluding carboxylic acids is 1. The Morgan fingerprint density at radius 2 is 2.15 bits per heavy atom. The summed E-state index contributed by atoms with van der Waals surface area (Å²) >= 11 is 1.41. The molecule has 1 aliphatic heterocycles. The number of carbonyl (C=O) groups is 1. The SMILES string of the molecule is O=C(Cc1cccc(F)c1)N1CCC[C@@H]1Cn1nnn(-c2cccs2)c1=O. The molecule has 1 aliphatic rings. The van der Waals surface area contributed by atoms with Crippen molar-refractivity contribution >= 4 is 17.2 Å². The molecule has 7 nitrogen and oxygen atoms in total. The molecule has 1 aromatic carbocycles. The third-order valence-corrected chi connectivity index (χ3v) is 5.52. The molecule has 0 radical (unpaired) electrons. The smallest absolute Gasteiger partial charge is 0.338 e. The van der Waals surface area contributed by atoms with Crippen LogP contribution in [0.4, 0.5) is 4.39 Å². The quantitative estimate of drug-likeness (QED) is 0.670. The molecule has 1 fully saturated rings. The minimum Gasteiger partial charge on any atom is -0.338 e. The molecule has 1 amide bonds. The summed E-state index contributed by atoms with van der Waals surface area (Å²) < 4.78 is 15.9. The van der Waals surface area contributed by atoms with Gasteiger partial charge in [-0.15, -0.1) is 11.3 Å². The largest absolute Gasteiger partial charge is 0.369 e. The highest BCUT2D eigenvalue weighted by atomic mass is 32.1. The molecule has 0 aliphatic carbocycles. The van der Waals surface area contributed by atoms with E-state index in [-0.39, 0.29) is 29.9 Å². The maximum atomic E-state index is 13.3. The molecule has 0 spiro atoms. The molecule has 1 saturated heterocycles. The fourth-order valence-electron chi connectivity index (χ4n) is 3.39. The van der Waals surface area contributed by atoms with Gasteiger partial charge in [0.2, 0.25) is 5.91 Å². The molecule has 0 N–H and O–H groups in total. The van der Waals surface area contributed by atoms with Crippen molar-refractivity contribution in [1.82, 2.24) is 24.7 Å². The Labute approximate surface area is 158 Å². The average molecular weight is 387 g/mol. The summed E-state index contributed by atoms with van der Waals surface area (Å²) in [6, 6.07) is 9.60. The number of rotatable bonds is 5. The fourth-order valence-corrected chi connectivity index (χ4v) is 4.06. The third kappa shape index (κ3) is 3.68. The molecule has 3 heterocycles. The van der Waals surface area contributed by atoms with E-state index in [2.05, 4.69) is 10.4 Å². The Kier molecular flexibility index (Phi) is 4.85. The Hall–Kier alpha value is -2.81. The van der Waals surface area contributed by atoms with Gasteiger partial charge in [-0.3, -0.25) is 4.79 Å². The van der Waals surface area contributed by atoms with Crippen LogP contribution in [-0.2, 0) is 17.8 Å². The van der Waals surface area contributed by atoms with Crippen LogP contribution in [0, 0.1) is 5.82 Å². The van der Waals surface area contributed by atoms with Crippen molar-refractivity contribution < 1.29 is 9.18 Å². The standard InChI is InChI=1S/C18H18FN5O2S/c19-14-5-1-4-13(10-14)11-16(25)22-8-2-6-15(22)12-23-18(26)24(21-20-23)17-7-3-9-27-17/h1,3-5,7,9-10,15H,2,6,8,11-12H2/t15-/m1/s1. The van der Waals surface area contributed by atoms with E-state index in [1.165, 1.54) is 32.8 Å². The van der Waals surface area contributed by atoms with Crippen LogP contribution in [0.25, 0.3) is 5.00 Å². The molecule has 0 unspecified atom stereocenters. The van der Waals surface area contributed by atoms with Gasteiger partial charge in [-0.05, 0) is 58.5 Å². The summed E-state index contributed by atoms with van der Waals surface area (Å²) in [5, 5.41) is 10.5. The van der Waals surface area contributed by atoms with Gasteiger partial charge < -0.3 is 4.90 Å². The van der Waals surface area contributed by atoms with Crippen LogP contribution >= 0.6 is 11.3 Å². The summed E-state index contributed by atoms with van der Waals surface area (Å²) in [7, 11) is 0. The summed E-state index contributed by atoms with van der Waals surface area (Å²) in [6.45, 7) is 0.936. The predicted octanol–water partition coefficient (Wildman–Crippen LogP) is 1.86. The minimum atomic E-state index is -0.352. The molecular weight excluding hydrogens is 369 g/mol. The second kappa shape index (κ2) is 7.43. The second-order valence-corrected chi connectivity index (χ2v) is 7.42. The van der Waals surface area contributed by atoms with Crippen LogP contribution in [-0.4, -0.2) is 43.2 Å². The molecule has 0 bridgehead atoms. The van der Waals surface area contributed by atoms with E-state index >= 15 is 0 Å². The summed E-state index contributed by atoms with van der Waals surface area (Å²) in [5.41, 5.74) is 0.327. The average Bonchev–Trinajstić information content (AvgIpc) is 3.38. The lowest BCUT2D eigenvalue weighted by molar-refractivity contribution is -0.131. The minimum absolute atomic E-state index is 0.0678. The van der Waals surface area contributed by atoms with E-state index < -0.39 is 0 Å². The van der Waals surface area contributed by atoms with Crippen LogP contribution in [0.3, 0.4) is 0 Å². The van der Waals surface area contributed by atoms with Gasteiger partial charge in [-0.2, -0.15) is 9.36 Å². The van der Waals surface area contributed by atoms with Crippen LogP contribution < -0.4 is 5.69 Å². The first-order valence-electron chi connectivity index (χ1n) is 8.72. The topological polar surface area (TPSA) is 73.0 Å². The Bertz CT molecular complexity index is 997. The van der Waals surface area contributed by atoms with Gasteiger partial charge in [-0.1, -0.05) is 12.1 Å². The summed E-state index contributed by atoms with van der Waals surface area (Å²) in [6.07, 6.45) is 1.81. The van der Waals surface area contributed by atoms with Crippen molar-refractivity contribution in [3.05, 3.63) is 63.6 Å². The Morgan fingerprint density at radius 3 is 2.93 bits per heavy atom. The van der Waals surface area contributed by atoms with E-state index in [4.69, 9.17) is 0 Å². The molecule has 2 aromatic heterocycles. The molecule has 27 heavy (non-hydrogen) atoms. The Balaban J connectivity index is 1.47. The number of thiophene rings is 1. The first-order valence-corrected chi connectivity index (χ1v) is 9.60. The van der Waals surface area contributed by atoms with Crippen molar-refractivity contribution in [2.24, 2.45) is 0 Å². The highest BCUT2D eigenvalue weighted by molar-refractivity contribution is 7.12. The van der Waals surface area contributed by atoms with Crippen molar-refractivity contribution in [3.8, 4) is 5.00 Å². The van der Waals surface area contributed by atoms with E-state index in [1.54, 1.807) is 23.1 Å². The number of hydrogen-bond acceptors (Lipinski definition) is 5. The van der Waals surface area contributed by atoms with Crippen LogP contribution in [0.5, 0.6) is 0 Å². The molecule has 140 valence electrons. The maximum absolute atomic E-state index is 13.3. The maximum Gasteiger partial charge on any atom is 0.369 e. The number of aromatic nitrogens is 4. The van der Waals surface area contributed by atoms with E-state index in [0.717, 1.165) is 12.8 Å². The van der Waals surface area contributed by atoms with Crippen molar-refractivity contribution in [1.29, 1.82) is 0 Å². The number of benzene rings is 1. The number of nitrogens with zero attached hydrogens (tertiary/aromatic N) is 5. The first-order chi connectivity index (χ1) is 13.1. The fraction of sp³-hybridized carbons (Fsp3) is 0.333. The predicted molar refractivity (Wildman–Crippen MR) is 98.3 cm³/mol. The lowest BCUT2D eigenvalue weighted by Crippen LogP contribution is -2.41.